The zero-order chi connectivity index (χ0) is 20.9. The van der Waals surface area contributed by atoms with Crippen LogP contribution in [0.1, 0.15) is 43.7 Å². The van der Waals surface area contributed by atoms with Crippen molar-refractivity contribution in [3.8, 4) is 0 Å². The molecule has 2 atom stereocenters. The highest BCUT2D eigenvalue weighted by atomic mass is 16.5. The highest BCUT2D eigenvalue weighted by molar-refractivity contribution is 6.19. The summed E-state index contributed by atoms with van der Waals surface area (Å²) in [7, 11) is 1.71. The van der Waals surface area contributed by atoms with Gasteiger partial charge in [-0.2, -0.15) is 0 Å². The number of hydrogen-bond donors (Lipinski definition) is 0. The fraction of sp³-hybridized carbons (Fsp3) is 0.700. The Morgan fingerprint density at radius 3 is 2.55 bits per heavy atom. The number of amides is 3. The number of rotatable bonds is 5. The number of imidazole rings is 1. The van der Waals surface area contributed by atoms with Gasteiger partial charge in [0.1, 0.15) is 11.4 Å². The number of urea groups is 1. The summed E-state index contributed by atoms with van der Waals surface area (Å²) in [4.78, 5) is 36.3. The number of nitrogens with zero attached hydrogens (tertiary/aromatic N) is 6. The van der Waals surface area contributed by atoms with Gasteiger partial charge in [0.25, 0.3) is 5.91 Å². The van der Waals surface area contributed by atoms with Crippen molar-refractivity contribution in [2.45, 2.75) is 46.2 Å². The van der Waals surface area contributed by atoms with Crippen molar-refractivity contribution in [2.24, 2.45) is 4.99 Å². The van der Waals surface area contributed by atoms with E-state index >= 15 is 0 Å². The average Bonchev–Trinajstić information content (AvgIpc) is 3.22. The number of carbonyl (C=O) groups is 2. The fourth-order valence-corrected chi connectivity index (χ4v) is 4.44. The van der Waals surface area contributed by atoms with Crippen LogP contribution in [-0.4, -0.2) is 83.5 Å². The van der Waals surface area contributed by atoms with Crippen molar-refractivity contribution in [1.82, 2.24) is 19.3 Å². The Kier molecular flexibility index (Phi) is 5.20. The Morgan fingerprint density at radius 2 is 1.90 bits per heavy atom. The second kappa shape index (κ2) is 7.53. The Morgan fingerprint density at radius 1 is 1.21 bits per heavy atom. The summed E-state index contributed by atoms with van der Waals surface area (Å²) in [6.45, 7) is 12.5. The summed E-state index contributed by atoms with van der Waals surface area (Å²) in [5.74, 6) is 1.10. The van der Waals surface area contributed by atoms with E-state index in [4.69, 9.17) is 9.73 Å². The van der Waals surface area contributed by atoms with Gasteiger partial charge in [-0.15, -0.1) is 0 Å². The molecule has 0 bridgehead atoms. The molecule has 3 amide bonds. The molecule has 4 heterocycles. The zero-order valence-electron chi connectivity index (χ0n) is 18.0. The van der Waals surface area contributed by atoms with Gasteiger partial charge < -0.3 is 4.74 Å². The lowest BCUT2D eigenvalue weighted by Gasteiger charge is -2.35. The molecule has 4 rings (SSSR count). The average molecular weight is 404 g/mol. The SMILES string of the molecule is CCC(C)n1c(C)c(C)[n+]2c1N=C1C2C(=O)N(CCN2CCOCC2)C(=O)N1C. The van der Waals surface area contributed by atoms with Gasteiger partial charge in [0.15, 0.2) is 0 Å². The number of likely N-dealkylation sites (N-methyl/N-ethyl adjacent to an activating group) is 1. The van der Waals surface area contributed by atoms with E-state index in [0.29, 0.717) is 32.1 Å². The van der Waals surface area contributed by atoms with Gasteiger partial charge in [-0.05, 0) is 27.2 Å². The van der Waals surface area contributed by atoms with E-state index in [9.17, 15) is 9.59 Å². The van der Waals surface area contributed by atoms with E-state index in [-0.39, 0.29) is 18.0 Å². The molecular weight excluding hydrogens is 372 g/mol. The molecule has 0 aliphatic carbocycles. The summed E-state index contributed by atoms with van der Waals surface area (Å²) in [6.07, 6.45) is 0.964. The quantitative estimate of drug-likeness (QED) is 0.692. The van der Waals surface area contributed by atoms with Crippen molar-refractivity contribution in [1.29, 1.82) is 0 Å². The smallest absolute Gasteiger partial charge is 0.379 e. The topological polar surface area (TPSA) is 74.3 Å². The fourth-order valence-electron chi connectivity index (χ4n) is 4.44. The number of ether oxygens (including phenoxy) is 1. The van der Waals surface area contributed by atoms with Crippen LogP contribution in [0.3, 0.4) is 0 Å². The molecule has 2 saturated heterocycles. The van der Waals surface area contributed by atoms with Crippen LogP contribution < -0.4 is 4.57 Å². The maximum absolute atomic E-state index is 13.4. The second-order valence-electron chi connectivity index (χ2n) is 8.13. The van der Waals surface area contributed by atoms with E-state index in [0.717, 1.165) is 36.8 Å². The minimum atomic E-state index is -0.568. The number of amidine groups is 1. The lowest BCUT2D eigenvalue weighted by molar-refractivity contribution is -0.683. The second-order valence-corrected chi connectivity index (χ2v) is 8.13. The van der Waals surface area contributed by atoms with Crippen molar-refractivity contribution >= 4 is 23.7 Å². The lowest BCUT2D eigenvalue weighted by Crippen LogP contribution is -2.64. The van der Waals surface area contributed by atoms with Gasteiger partial charge in [0, 0.05) is 33.2 Å². The van der Waals surface area contributed by atoms with Gasteiger partial charge >= 0.3 is 12.0 Å². The molecule has 3 aliphatic rings. The first kappa shape index (κ1) is 20.0. The third-order valence-electron chi connectivity index (χ3n) is 6.53. The third-order valence-corrected chi connectivity index (χ3v) is 6.53. The number of aromatic nitrogens is 2. The van der Waals surface area contributed by atoms with E-state index in [1.165, 1.54) is 9.80 Å². The van der Waals surface area contributed by atoms with E-state index < -0.39 is 6.04 Å². The van der Waals surface area contributed by atoms with Crippen LogP contribution in [-0.2, 0) is 9.53 Å². The standard InChI is InChI=1S/C20H31N6O3/c1-6-13(2)25-14(3)15(4)26-16-17(21-19(25)26)22(5)20(28)24(18(16)27)8-7-23-9-11-29-12-10-23/h13,16H,6-12H2,1-5H3/q+1. The van der Waals surface area contributed by atoms with Crippen LogP contribution in [0.5, 0.6) is 0 Å². The first-order valence-corrected chi connectivity index (χ1v) is 10.5. The Hall–Kier alpha value is -2.26. The maximum atomic E-state index is 13.4. The minimum absolute atomic E-state index is 0.187. The molecule has 0 N–H and O–H groups in total. The van der Waals surface area contributed by atoms with Crippen LogP contribution in [0.2, 0.25) is 0 Å². The number of fused-ring (bicyclic) bond motifs is 3. The molecule has 3 aliphatic heterocycles. The summed E-state index contributed by atoms with van der Waals surface area (Å²) in [5, 5.41) is 0. The highest BCUT2D eigenvalue weighted by Gasteiger charge is 2.54. The highest BCUT2D eigenvalue weighted by Crippen LogP contribution is 2.33. The molecule has 2 fully saturated rings. The number of hydrogen-bond acceptors (Lipinski definition) is 5. The van der Waals surface area contributed by atoms with E-state index in [1.54, 1.807) is 7.05 Å². The largest absolute Gasteiger partial charge is 0.402 e. The van der Waals surface area contributed by atoms with Gasteiger partial charge in [-0.25, -0.2) is 13.9 Å². The minimum Gasteiger partial charge on any atom is -0.379 e. The molecular formula is C20H31N6O3+. The third kappa shape index (κ3) is 3.07. The molecule has 0 radical (unpaired) electrons. The normalized spacial score (nSPS) is 23.3. The van der Waals surface area contributed by atoms with Crippen molar-refractivity contribution in [2.75, 3.05) is 46.4 Å². The number of morpholine rings is 1. The van der Waals surface area contributed by atoms with Gasteiger partial charge in [-0.1, -0.05) is 11.9 Å². The molecule has 2 unspecified atom stereocenters. The summed E-state index contributed by atoms with van der Waals surface area (Å²) in [6, 6.07) is -0.599. The molecule has 0 spiro atoms. The Balaban J connectivity index is 1.65. The Labute approximate surface area is 171 Å². The molecule has 9 nitrogen and oxygen atoms in total. The van der Waals surface area contributed by atoms with E-state index in [2.05, 4.69) is 30.2 Å². The van der Waals surface area contributed by atoms with Gasteiger partial charge in [-0.3, -0.25) is 19.5 Å². The van der Waals surface area contributed by atoms with Gasteiger partial charge in [0.05, 0.1) is 19.3 Å². The lowest BCUT2D eigenvalue weighted by atomic mass is 10.1. The van der Waals surface area contributed by atoms with Crippen LogP contribution in [0.4, 0.5) is 10.7 Å². The Bertz CT molecular complexity index is 870. The molecule has 1 aromatic heterocycles. The van der Waals surface area contributed by atoms with Crippen molar-refractivity contribution in [3.05, 3.63) is 11.4 Å². The first-order chi connectivity index (χ1) is 13.9. The summed E-state index contributed by atoms with van der Waals surface area (Å²) < 4.78 is 9.57. The predicted molar refractivity (Wildman–Crippen MR) is 107 cm³/mol. The number of aliphatic imine (C=N–C) groups is 1. The monoisotopic (exact) mass is 403 g/mol. The van der Waals surface area contributed by atoms with Crippen molar-refractivity contribution in [3.63, 3.8) is 0 Å². The summed E-state index contributed by atoms with van der Waals surface area (Å²) in [5.41, 5.74) is 2.14. The van der Waals surface area contributed by atoms with E-state index in [1.807, 2.05) is 11.5 Å². The maximum Gasteiger partial charge on any atom is 0.402 e. The molecule has 29 heavy (non-hydrogen) atoms. The zero-order valence-corrected chi connectivity index (χ0v) is 18.0. The molecule has 1 aromatic rings. The predicted octanol–water partition coefficient (Wildman–Crippen LogP) is 1.17. The van der Waals surface area contributed by atoms with Gasteiger partial charge in [0.2, 0.25) is 11.9 Å². The first-order valence-electron chi connectivity index (χ1n) is 10.5. The molecule has 0 aromatic carbocycles. The van der Waals surface area contributed by atoms with Crippen LogP contribution in [0, 0.1) is 13.8 Å². The molecule has 158 valence electrons. The van der Waals surface area contributed by atoms with Crippen LogP contribution in [0.25, 0.3) is 0 Å². The summed E-state index contributed by atoms with van der Waals surface area (Å²) >= 11 is 0. The van der Waals surface area contributed by atoms with Crippen molar-refractivity contribution < 1.29 is 18.9 Å². The van der Waals surface area contributed by atoms with Crippen LogP contribution >= 0.6 is 0 Å². The number of carbonyl (C=O) groups excluding carboxylic acids is 2. The molecule has 9 heteroatoms. The van der Waals surface area contributed by atoms with Crippen LogP contribution in [0.15, 0.2) is 4.99 Å². The molecule has 0 saturated carbocycles. The number of imide groups is 1.